The van der Waals surface area contributed by atoms with E-state index < -0.39 is 75.1 Å². The molecule has 0 aliphatic carbocycles. The summed E-state index contributed by atoms with van der Waals surface area (Å²) in [5.41, 5.74) is 0. The molecule has 153 valence electrons. The molecule has 14 nitrogen and oxygen atoms in total. The molecule has 0 rings (SSSR count). The van der Waals surface area contributed by atoms with Crippen LogP contribution >= 0.6 is 0 Å². The smallest absolute Gasteiger partial charge is 0.480 e. The van der Waals surface area contributed by atoms with Crippen LogP contribution in [0.1, 0.15) is 0 Å². The summed E-state index contributed by atoms with van der Waals surface area (Å²) < 4.78 is 0. The van der Waals surface area contributed by atoms with Crippen LogP contribution in [0.2, 0.25) is 0 Å². The summed E-state index contributed by atoms with van der Waals surface area (Å²) in [6.45, 7) is -3.59. The quantitative estimate of drug-likeness (QED) is 0.107. The number of aliphatic carboxylic acids is 6. The minimum absolute atomic E-state index is 0. The Kier molecular flexibility index (Phi) is 38.2. The van der Waals surface area contributed by atoms with Crippen molar-refractivity contribution in [2.75, 3.05) is 39.3 Å². The minimum Gasteiger partial charge on any atom is -0.480 e. The molecule has 0 aliphatic rings. The minimum atomic E-state index is -1.26. The van der Waals surface area contributed by atoms with Crippen LogP contribution in [0.25, 0.3) is 0 Å². The van der Waals surface area contributed by atoms with Gasteiger partial charge >= 0.3 is 124 Å². The van der Waals surface area contributed by atoms with Gasteiger partial charge in [-0.1, -0.05) is 0 Å². The van der Waals surface area contributed by atoms with E-state index in [2.05, 4.69) is 0 Å². The Morgan fingerprint density at radius 3 is 0.567 bits per heavy atom. The van der Waals surface area contributed by atoms with Gasteiger partial charge in [-0.05, 0) is 0 Å². The monoisotopic (exact) mass is 660 g/mol. The molecule has 0 aromatic carbocycles. The van der Waals surface area contributed by atoms with Gasteiger partial charge in [-0.2, -0.15) is 0 Å². The number of rotatable bonds is 12. The predicted octanol–water partition coefficient (Wildman–Crippen LogP) is -12.3. The van der Waals surface area contributed by atoms with Crippen LogP contribution in [0.4, 0.5) is 0 Å². The van der Waals surface area contributed by atoms with Crippen molar-refractivity contribution in [1.82, 2.24) is 9.80 Å². The van der Waals surface area contributed by atoms with Crippen molar-refractivity contribution < 1.29 is 148 Å². The van der Waals surface area contributed by atoms with Gasteiger partial charge in [0.15, 0.2) is 0 Å². The van der Waals surface area contributed by atoms with Crippen molar-refractivity contribution in [3.63, 3.8) is 0 Å². The van der Waals surface area contributed by atoms with Gasteiger partial charge in [0.1, 0.15) is 0 Å². The second-order valence-corrected chi connectivity index (χ2v) is 4.65. The van der Waals surface area contributed by atoms with E-state index >= 15 is 0 Å². The fraction of sp³-hybridized carbons (Fsp3) is 0.500. The van der Waals surface area contributed by atoms with Gasteiger partial charge in [-0.25, -0.2) is 0 Å². The number of carbonyl (C=O) groups is 6. The first-order chi connectivity index (χ1) is 11.8. The first-order valence-electron chi connectivity index (χ1n) is 6.59. The van der Waals surface area contributed by atoms with Crippen LogP contribution < -0.4 is 88.7 Å². The average molecular weight is 660 g/mol. The molecule has 30 heavy (non-hydrogen) atoms. The van der Waals surface area contributed by atoms with Gasteiger partial charge in [-0.3, -0.25) is 38.6 Å². The summed E-state index contributed by atoms with van der Waals surface area (Å²) in [6.07, 6.45) is 0. The zero-order valence-electron chi connectivity index (χ0n) is 16.7. The van der Waals surface area contributed by atoms with Crippen LogP contribution in [0.5, 0.6) is 0 Å². The molecular formula is C12H18BiN2Na3O12+3. The van der Waals surface area contributed by atoms with Gasteiger partial charge in [0.25, 0.3) is 0 Å². The largest absolute Gasteiger partial charge is 1.00 e. The van der Waals surface area contributed by atoms with E-state index in [0.717, 1.165) is 9.80 Å². The molecule has 0 unspecified atom stereocenters. The van der Waals surface area contributed by atoms with Crippen LogP contribution in [0.15, 0.2) is 0 Å². The number of nitrogens with zero attached hydrogens (tertiary/aromatic N) is 2. The van der Waals surface area contributed by atoms with E-state index in [1.165, 1.54) is 0 Å². The molecule has 0 saturated carbocycles. The number of carboxylic acids is 6. The second-order valence-electron chi connectivity index (χ2n) is 4.65. The van der Waals surface area contributed by atoms with E-state index in [4.69, 9.17) is 30.6 Å². The summed E-state index contributed by atoms with van der Waals surface area (Å²) in [5, 5.41) is 49.7. The molecule has 0 aromatic heterocycles. The molecule has 0 aliphatic heterocycles. The summed E-state index contributed by atoms with van der Waals surface area (Å²) in [5.74, 6) is -7.57. The third kappa shape index (κ3) is 36.0. The molecule has 0 amide bonds. The number of carboxylic acid groups (broad SMARTS) is 6. The zero-order valence-corrected chi connectivity index (χ0v) is 26.2. The number of hydrogen-bond donors (Lipinski definition) is 6. The molecule has 6 N–H and O–H groups in total. The van der Waals surface area contributed by atoms with Gasteiger partial charge in [0.2, 0.25) is 0 Å². The van der Waals surface area contributed by atoms with Crippen LogP contribution in [0, 0.1) is 0 Å². The van der Waals surface area contributed by atoms with E-state index in [1.54, 1.807) is 0 Å². The van der Waals surface area contributed by atoms with Crippen molar-refractivity contribution in [2.24, 2.45) is 0 Å². The van der Waals surface area contributed by atoms with Crippen molar-refractivity contribution in [1.29, 1.82) is 0 Å². The Morgan fingerprint density at radius 1 is 0.400 bits per heavy atom. The Hall–Kier alpha value is 0.623. The maximum absolute atomic E-state index is 10.1. The summed E-state index contributed by atoms with van der Waals surface area (Å²) >= 11 is 0. The van der Waals surface area contributed by atoms with Crippen LogP contribution in [0.3, 0.4) is 0 Å². The van der Waals surface area contributed by atoms with Gasteiger partial charge in [0.05, 0.1) is 39.3 Å². The normalized spacial score (nSPS) is 8.60. The Bertz CT molecular complexity index is 442. The Morgan fingerprint density at radius 2 is 0.500 bits per heavy atom. The first-order valence-corrected chi connectivity index (χ1v) is 6.59. The molecule has 0 heterocycles. The SMILES string of the molecule is O=C(O)CN(CC(=O)O)CC(=O)O.O=C(O)CN(CC(=O)O)CC(=O)O.[Bi].[Na+].[Na+].[Na+]. The Balaban J connectivity index is -0.0000000847. The van der Waals surface area contributed by atoms with Crippen molar-refractivity contribution in [3.8, 4) is 0 Å². The molecule has 0 fully saturated rings. The number of hydrogen-bond acceptors (Lipinski definition) is 8. The van der Waals surface area contributed by atoms with Crippen LogP contribution in [-0.4, -0.2) is 142 Å². The van der Waals surface area contributed by atoms with Gasteiger partial charge in [-0.15, -0.1) is 0 Å². The first kappa shape index (κ1) is 44.3. The predicted molar refractivity (Wildman–Crippen MR) is 84.4 cm³/mol. The average Bonchev–Trinajstić information content (AvgIpc) is 2.33. The third-order valence-electron chi connectivity index (χ3n) is 2.15. The molecule has 0 bridgehead atoms. The Labute approximate surface area is 256 Å². The maximum atomic E-state index is 10.1. The molecular weight excluding hydrogens is 642 g/mol. The third-order valence-corrected chi connectivity index (χ3v) is 2.15. The maximum Gasteiger partial charge on any atom is 1.00 e. The second kappa shape index (κ2) is 25.9. The van der Waals surface area contributed by atoms with Crippen LogP contribution in [-0.2, 0) is 28.8 Å². The molecule has 0 saturated heterocycles. The zero-order chi connectivity index (χ0) is 20.9. The summed E-state index contributed by atoms with van der Waals surface area (Å²) in [7, 11) is 0. The molecule has 0 atom stereocenters. The van der Waals surface area contributed by atoms with Gasteiger partial charge < -0.3 is 30.6 Å². The molecule has 0 spiro atoms. The fourth-order valence-electron chi connectivity index (χ4n) is 1.48. The van der Waals surface area contributed by atoms with Gasteiger partial charge in [0, 0.05) is 26.2 Å². The van der Waals surface area contributed by atoms with Crippen molar-refractivity contribution in [2.45, 2.75) is 0 Å². The van der Waals surface area contributed by atoms with E-state index in [1.807, 2.05) is 0 Å². The standard InChI is InChI=1S/2C6H9NO6.Bi.3Na/c2*8-4(9)1-7(2-5(10)11)3-6(12)13;;;;/h2*1-3H2,(H,8,9)(H,10,11)(H,12,13);;;;/q;;;3*+1. The molecule has 18 heteroatoms. The summed E-state index contributed by atoms with van der Waals surface area (Å²) in [4.78, 5) is 62.5. The fourth-order valence-corrected chi connectivity index (χ4v) is 1.48. The van der Waals surface area contributed by atoms with Crippen molar-refractivity contribution in [3.05, 3.63) is 0 Å². The summed E-state index contributed by atoms with van der Waals surface area (Å²) in [6, 6.07) is 0. The topological polar surface area (TPSA) is 230 Å². The molecule has 3 radical (unpaired) electrons. The van der Waals surface area contributed by atoms with Crippen molar-refractivity contribution >= 4 is 62.0 Å². The van der Waals surface area contributed by atoms with E-state index in [9.17, 15) is 28.8 Å². The molecule has 0 aromatic rings. The van der Waals surface area contributed by atoms with E-state index in [-0.39, 0.29) is 115 Å². The van der Waals surface area contributed by atoms with E-state index in [0.29, 0.717) is 0 Å².